The number of hydrogen-bond acceptors (Lipinski definition) is 6. The summed E-state index contributed by atoms with van der Waals surface area (Å²) in [6.07, 6.45) is 3.62. The molecule has 116 valence electrons. The molecule has 0 spiro atoms. The van der Waals surface area contributed by atoms with E-state index in [4.69, 9.17) is 0 Å². The molecule has 1 heterocycles. The molecule has 1 aromatic carbocycles. The number of anilines is 1. The number of carbonyl (C=O) groups is 1. The highest BCUT2D eigenvalue weighted by atomic mass is 16.6. The van der Waals surface area contributed by atoms with Crippen molar-refractivity contribution in [1.29, 1.82) is 0 Å². The van der Waals surface area contributed by atoms with Crippen molar-refractivity contribution in [3.8, 4) is 0 Å². The number of aromatic nitrogens is 2. The average Bonchev–Trinajstić information content (AvgIpc) is 2.90. The summed E-state index contributed by atoms with van der Waals surface area (Å²) in [6.45, 7) is 0.562. The van der Waals surface area contributed by atoms with Crippen LogP contribution in [0.15, 0.2) is 30.6 Å². The van der Waals surface area contributed by atoms with Crippen LogP contribution in [0.2, 0.25) is 0 Å². The second-order valence-corrected chi connectivity index (χ2v) is 4.83. The smallest absolute Gasteiger partial charge is 0.344 e. The molecule has 0 aliphatic carbocycles. The number of benzene rings is 1. The molecule has 0 aliphatic rings. The molecule has 0 saturated carbocycles. The minimum absolute atomic E-state index is 0.0666. The first-order valence-electron chi connectivity index (χ1n) is 6.47. The number of ether oxygens (including phenoxy) is 1. The van der Waals surface area contributed by atoms with E-state index in [-0.39, 0.29) is 11.3 Å². The molecule has 8 heteroatoms. The number of methoxy groups -OCH3 is 1. The summed E-state index contributed by atoms with van der Waals surface area (Å²) >= 11 is 0. The third-order valence-electron chi connectivity index (χ3n) is 3.20. The lowest BCUT2D eigenvalue weighted by molar-refractivity contribution is -0.385. The maximum absolute atomic E-state index is 11.7. The normalized spacial score (nSPS) is 10.3. The van der Waals surface area contributed by atoms with Crippen LogP contribution >= 0.6 is 0 Å². The second kappa shape index (κ2) is 6.25. The van der Waals surface area contributed by atoms with E-state index in [0.29, 0.717) is 12.2 Å². The molecule has 0 aliphatic heterocycles. The van der Waals surface area contributed by atoms with Gasteiger partial charge in [-0.15, -0.1) is 0 Å². The number of hydrogen-bond donors (Lipinski definition) is 0. The first kappa shape index (κ1) is 15.5. The Morgan fingerprint density at radius 3 is 2.77 bits per heavy atom. The molecule has 0 saturated heterocycles. The second-order valence-electron chi connectivity index (χ2n) is 4.83. The van der Waals surface area contributed by atoms with Gasteiger partial charge in [-0.3, -0.25) is 14.8 Å². The van der Waals surface area contributed by atoms with Crippen molar-refractivity contribution in [3.63, 3.8) is 0 Å². The molecule has 0 radical (unpaired) electrons. The highest BCUT2D eigenvalue weighted by Crippen LogP contribution is 2.26. The van der Waals surface area contributed by atoms with Gasteiger partial charge < -0.3 is 9.64 Å². The summed E-state index contributed by atoms with van der Waals surface area (Å²) < 4.78 is 6.30. The number of carbonyl (C=O) groups excluding carboxylic acids is 1. The molecule has 2 aromatic rings. The Morgan fingerprint density at radius 1 is 1.50 bits per heavy atom. The molecule has 0 unspecified atom stereocenters. The predicted molar refractivity (Wildman–Crippen MR) is 79.8 cm³/mol. The molecule has 8 nitrogen and oxygen atoms in total. The number of nitro groups is 1. The Labute approximate surface area is 127 Å². The maximum atomic E-state index is 11.7. The number of esters is 1. The number of rotatable bonds is 5. The summed E-state index contributed by atoms with van der Waals surface area (Å²) in [5.74, 6) is -0.733. The zero-order valence-corrected chi connectivity index (χ0v) is 12.5. The van der Waals surface area contributed by atoms with Crippen LogP contribution < -0.4 is 4.90 Å². The monoisotopic (exact) mass is 304 g/mol. The van der Waals surface area contributed by atoms with Crippen molar-refractivity contribution in [1.82, 2.24) is 9.78 Å². The van der Waals surface area contributed by atoms with E-state index in [0.717, 1.165) is 5.56 Å². The summed E-state index contributed by atoms with van der Waals surface area (Å²) in [6, 6.07) is 4.36. The van der Waals surface area contributed by atoms with Gasteiger partial charge in [-0.25, -0.2) is 4.79 Å². The van der Waals surface area contributed by atoms with E-state index >= 15 is 0 Å². The molecule has 22 heavy (non-hydrogen) atoms. The van der Waals surface area contributed by atoms with Crippen LogP contribution in [0.25, 0.3) is 0 Å². The standard InChI is InChI=1S/C14H16N4O4/c1-16(8-10-7-15-17(2)9-10)11-4-5-13(18(20)21)12(6-11)14(19)22-3/h4-7,9H,8H2,1-3H3. The van der Waals surface area contributed by atoms with Gasteiger partial charge in [-0.1, -0.05) is 0 Å². The Morgan fingerprint density at radius 2 is 2.23 bits per heavy atom. The van der Waals surface area contributed by atoms with Crippen molar-refractivity contribution < 1.29 is 14.5 Å². The van der Waals surface area contributed by atoms with Crippen LogP contribution in [0.1, 0.15) is 15.9 Å². The zero-order valence-electron chi connectivity index (χ0n) is 12.5. The maximum Gasteiger partial charge on any atom is 0.344 e. The summed E-state index contributed by atoms with van der Waals surface area (Å²) in [5, 5.41) is 15.1. The highest BCUT2D eigenvalue weighted by molar-refractivity contribution is 5.95. The van der Waals surface area contributed by atoms with Crippen LogP contribution in [-0.4, -0.2) is 34.8 Å². The van der Waals surface area contributed by atoms with E-state index in [1.807, 2.05) is 25.2 Å². The van der Waals surface area contributed by atoms with Gasteiger partial charge in [-0.05, 0) is 12.1 Å². The predicted octanol–water partition coefficient (Wildman–Crippen LogP) is 1.75. The third kappa shape index (κ3) is 3.22. The highest BCUT2D eigenvalue weighted by Gasteiger charge is 2.22. The van der Waals surface area contributed by atoms with Crippen molar-refractivity contribution >= 4 is 17.3 Å². The van der Waals surface area contributed by atoms with Crippen LogP contribution in [-0.2, 0) is 18.3 Å². The zero-order chi connectivity index (χ0) is 16.3. The van der Waals surface area contributed by atoms with Gasteiger partial charge in [0.1, 0.15) is 5.56 Å². The van der Waals surface area contributed by atoms with Gasteiger partial charge in [-0.2, -0.15) is 5.10 Å². The quantitative estimate of drug-likeness (QED) is 0.475. The van der Waals surface area contributed by atoms with Gasteiger partial charge in [0.15, 0.2) is 0 Å². The first-order valence-corrected chi connectivity index (χ1v) is 6.47. The Hall–Kier alpha value is -2.90. The topological polar surface area (TPSA) is 90.5 Å². The number of nitrogens with zero attached hydrogens (tertiary/aromatic N) is 4. The van der Waals surface area contributed by atoms with Crippen molar-refractivity contribution in [3.05, 3.63) is 51.8 Å². The van der Waals surface area contributed by atoms with Gasteiger partial charge in [0.25, 0.3) is 5.69 Å². The Balaban J connectivity index is 2.31. The van der Waals surface area contributed by atoms with Gasteiger partial charge in [0.2, 0.25) is 0 Å². The lowest BCUT2D eigenvalue weighted by Crippen LogP contribution is -2.17. The van der Waals surface area contributed by atoms with Gasteiger partial charge >= 0.3 is 5.97 Å². The third-order valence-corrected chi connectivity index (χ3v) is 3.20. The van der Waals surface area contributed by atoms with Crippen molar-refractivity contribution in [2.45, 2.75) is 6.54 Å². The molecule has 1 aromatic heterocycles. The first-order chi connectivity index (χ1) is 10.4. The SMILES string of the molecule is COC(=O)c1cc(N(C)Cc2cnn(C)c2)ccc1[N+](=O)[O-]. The van der Waals surface area contributed by atoms with Crippen LogP contribution in [0.3, 0.4) is 0 Å². The molecule has 0 amide bonds. The van der Waals surface area contributed by atoms with Crippen molar-refractivity contribution in [2.24, 2.45) is 7.05 Å². The largest absolute Gasteiger partial charge is 0.465 e. The Kier molecular flexibility index (Phi) is 4.40. The number of nitro benzene ring substituents is 1. The van der Waals surface area contributed by atoms with Crippen LogP contribution in [0.4, 0.5) is 11.4 Å². The lowest BCUT2D eigenvalue weighted by atomic mass is 10.1. The van der Waals surface area contributed by atoms with Gasteiger partial charge in [0, 0.05) is 44.2 Å². The fraction of sp³-hybridized carbons (Fsp3) is 0.286. The Bertz CT molecular complexity index is 711. The molecule has 0 N–H and O–H groups in total. The molecule has 0 atom stereocenters. The average molecular weight is 304 g/mol. The fourth-order valence-corrected chi connectivity index (χ4v) is 2.11. The molecular weight excluding hydrogens is 288 g/mol. The fourth-order valence-electron chi connectivity index (χ4n) is 2.11. The number of aryl methyl sites for hydroxylation is 1. The summed E-state index contributed by atoms with van der Waals surface area (Å²) in [7, 11) is 4.85. The summed E-state index contributed by atoms with van der Waals surface area (Å²) in [5.41, 5.74) is 1.33. The minimum atomic E-state index is -0.733. The van der Waals surface area contributed by atoms with Crippen LogP contribution in [0.5, 0.6) is 0 Å². The van der Waals surface area contributed by atoms with Crippen molar-refractivity contribution in [2.75, 3.05) is 19.1 Å². The molecular formula is C14H16N4O4. The summed E-state index contributed by atoms with van der Waals surface area (Å²) in [4.78, 5) is 24.0. The molecule has 0 fully saturated rings. The molecule has 0 bridgehead atoms. The van der Waals surface area contributed by atoms with E-state index in [1.165, 1.54) is 19.2 Å². The van der Waals surface area contributed by atoms with E-state index < -0.39 is 10.9 Å². The van der Waals surface area contributed by atoms with Crippen LogP contribution in [0, 0.1) is 10.1 Å². The van der Waals surface area contributed by atoms with E-state index in [9.17, 15) is 14.9 Å². The van der Waals surface area contributed by atoms with E-state index in [1.54, 1.807) is 16.9 Å². The lowest BCUT2D eigenvalue weighted by Gasteiger charge is -2.19. The minimum Gasteiger partial charge on any atom is -0.465 e. The van der Waals surface area contributed by atoms with E-state index in [2.05, 4.69) is 9.84 Å². The molecule has 2 rings (SSSR count). The van der Waals surface area contributed by atoms with Gasteiger partial charge in [0.05, 0.1) is 18.2 Å².